The molecule has 1 unspecified atom stereocenters. The number of carbonyl (C=O) groups is 1. The van der Waals surface area contributed by atoms with E-state index >= 15 is 0 Å². The molecule has 1 aliphatic carbocycles. The molecule has 1 amide bonds. The second kappa shape index (κ2) is 5.71. The van der Waals surface area contributed by atoms with E-state index in [1.165, 1.54) is 11.3 Å². The van der Waals surface area contributed by atoms with Crippen molar-refractivity contribution in [1.29, 1.82) is 0 Å². The molecule has 1 heterocycles. The Labute approximate surface area is 119 Å². The van der Waals surface area contributed by atoms with Crippen LogP contribution in [-0.2, 0) is 6.42 Å². The first-order valence-corrected chi connectivity index (χ1v) is 7.32. The van der Waals surface area contributed by atoms with Gasteiger partial charge in [-0.1, -0.05) is 6.07 Å². The van der Waals surface area contributed by atoms with Crippen LogP contribution >= 0.6 is 0 Å². The van der Waals surface area contributed by atoms with Crippen molar-refractivity contribution in [2.45, 2.75) is 25.3 Å². The molecule has 3 N–H and O–H groups in total. The number of nitrogens with zero attached hydrogens (tertiary/aromatic N) is 1. The minimum Gasteiger partial charge on any atom is -0.465 e. The van der Waals surface area contributed by atoms with Gasteiger partial charge >= 0.3 is 6.09 Å². The summed E-state index contributed by atoms with van der Waals surface area (Å²) < 4.78 is 0. The van der Waals surface area contributed by atoms with Crippen molar-refractivity contribution in [1.82, 2.24) is 10.6 Å². The van der Waals surface area contributed by atoms with Gasteiger partial charge in [-0.3, -0.25) is 0 Å². The van der Waals surface area contributed by atoms with Crippen molar-refractivity contribution >= 4 is 11.8 Å². The summed E-state index contributed by atoms with van der Waals surface area (Å²) in [6, 6.07) is 6.47. The van der Waals surface area contributed by atoms with Crippen LogP contribution < -0.4 is 15.5 Å². The molecular formula is C15H21N3O2. The van der Waals surface area contributed by atoms with Crippen LogP contribution in [0.5, 0.6) is 0 Å². The monoisotopic (exact) mass is 275 g/mol. The van der Waals surface area contributed by atoms with Gasteiger partial charge < -0.3 is 20.6 Å². The number of benzene rings is 1. The maximum atomic E-state index is 10.9. The molecule has 0 saturated carbocycles. The maximum Gasteiger partial charge on any atom is 0.405 e. The first-order chi connectivity index (χ1) is 9.74. The second-order valence-corrected chi connectivity index (χ2v) is 5.51. The van der Waals surface area contributed by atoms with Crippen LogP contribution in [0.1, 0.15) is 30.0 Å². The molecule has 0 bridgehead atoms. The average molecular weight is 275 g/mol. The molecule has 1 aliphatic heterocycles. The number of piperazine rings is 1. The Hall–Kier alpha value is -1.75. The summed E-state index contributed by atoms with van der Waals surface area (Å²) in [4.78, 5) is 13.3. The number of aryl methyl sites for hydroxylation is 1. The normalized spacial score (nSPS) is 22.2. The summed E-state index contributed by atoms with van der Waals surface area (Å²) in [6.07, 6.45) is 2.06. The molecular weight excluding hydrogens is 254 g/mol. The van der Waals surface area contributed by atoms with Gasteiger partial charge in [-0.15, -0.1) is 0 Å². The van der Waals surface area contributed by atoms with E-state index in [1.807, 2.05) is 0 Å². The van der Waals surface area contributed by atoms with Gasteiger partial charge in [0.1, 0.15) is 0 Å². The quantitative estimate of drug-likeness (QED) is 0.769. The molecule has 1 aromatic carbocycles. The standard InChI is InChI=1S/C15H21N3O2/c19-15(20)17-14-3-1-2-11-4-5-12(10-13(11)14)18-8-6-16-7-9-18/h4-5,10,14,16-17H,1-3,6-9H2,(H,19,20). The molecule has 5 nitrogen and oxygen atoms in total. The molecule has 1 fully saturated rings. The Morgan fingerprint density at radius 1 is 1.35 bits per heavy atom. The van der Waals surface area contributed by atoms with E-state index in [-0.39, 0.29) is 6.04 Å². The molecule has 3 rings (SSSR count). The van der Waals surface area contributed by atoms with Gasteiger partial charge in [0, 0.05) is 31.9 Å². The number of rotatable bonds is 2. The van der Waals surface area contributed by atoms with Crippen LogP contribution in [-0.4, -0.2) is 37.4 Å². The van der Waals surface area contributed by atoms with Gasteiger partial charge in [0.15, 0.2) is 0 Å². The Morgan fingerprint density at radius 2 is 2.15 bits per heavy atom. The number of hydrogen-bond acceptors (Lipinski definition) is 3. The van der Waals surface area contributed by atoms with Crippen LogP contribution in [0, 0.1) is 0 Å². The summed E-state index contributed by atoms with van der Waals surface area (Å²) in [5, 5.41) is 15.0. The third-order valence-electron chi connectivity index (χ3n) is 4.22. The largest absolute Gasteiger partial charge is 0.465 e. The lowest BCUT2D eigenvalue weighted by molar-refractivity contribution is 0.188. The van der Waals surface area contributed by atoms with Crippen LogP contribution in [0.2, 0.25) is 0 Å². The molecule has 1 atom stereocenters. The third kappa shape index (κ3) is 2.72. The van der Waals surface area contributed by atoms with Crippen molar-refractivity contribution in [2.24, 2.45) is 0 Å². The zero-order chi connectivity index (χ0) is 13.9. The van der Waals surface area contributed by atoms with E-state index in [0.29, 0.717) is 0 Å². The van der Waals surface area contributed by atoms with Crippen molar-refractivity contribution in [3.8, 4) is 0 Å². The summed E-state index contributed by atoms with van der Waals surface area (Å²) in [5.41, 5.74) is 3.66. The molecule has 1 aromatic rings. The lowest BCUT2D eigenvalue weighted by Crippen LogP contribution is -2.43. The van der Waals surface area contributed by atoms with E-state index in [4.69, 9.17) is 5.11 Å². The minimum atomic E-state index is -0.935. The zero-order valence-corrected chi connectivity index (χ0v) is 11.6. The van der Waals surface area contributed by atoms with Crippen LogP contribution in [0.3, 0.4) is 0 Å². The Morgan fingerprint density at radius 3 is 2.90 bits per heavy atom. The van der Waals surface area contributed by atoms with Gasteiger partial charge in [-0.05, 0) is 42.5 Å². The zero-order valence-electron chi connectivity index (χ0n) is 11.6. The highest BCUT2D eigenvalue weighted by atomic mass is 16.4. The number of amides is 1. The number of carboxylic acid groups (broad SMARTS) is 1. The van der Waals surface area contributed by atoms with Gasteiger partial charge in [-0.25, -0.2) is 4.79 Å². The smallest absolute Gasteiger partial charge is 0.405 e. The van der Waals surface area contributed by atoms with Gasteiger partial charge in [0.05, 0.1) is 6.04 Å². The van der Waals surface area contributed by atoms with Gasteiger partial charge in [0.2, 0.25) is 0 Å². The van der Waals surface area contributed by atoms with E-state index < -0.39 is 6.09 Å². The predicted octanol–water partition coefficient (Wildman–Crippen LogP) is 1.74. The first kappa shape index (κ1) is 13.2. The lowest BCUT2D eigenvalue weighted by atomic mass is 9.87. The van der Waals surface area contributed by atoms with Crippen LogP contribution in [0.4, 0.5) is 10.5 Å². The highest BCUT2D eigenvalue weighted by Gasteiger charge is 2.23. The number of fused-ring (bicyclic) bond motifs is 1. The van der Waals surface area contributed by atoms with Crippen molar-refractivity contribution < 1.29 is 9.90 Å². The Bertz CT molecular complexity index is 498. The van der Waals surface area contributed by atoms with E-state index in [9.17, 15) is 4.79 Å². The highest BCUT2D eigenvalue weighted by molar-refractivity contribution is 5.66. The number of hydrogen-bond donors (Lipinski definition) is 3. The average Bonchev–Trinajstić information content (AvgIpc) is 2.47. The van der Waals surface area contributed by atoms with Gasteiger partial charge in [-0.2, -0.15) is 0 Å². The van der Waals surface area contributed by atoms with Crippen molar-refractivity contribution in [3.63, 3.8) is 0 Å². The first-order valence-electron chi connectivity index (χ1n) is 7.32. The molecule has 0 radical (unpaired) electrons. The fourth-order valence-electron chi connectivity index (χ4n) is 3.21. The fourth-order valence-corrected chi connectivity index (χ4v) is 3.21. The summed E-state index contributed by atoms with van der Waals surface area (Å²) >= 11 is 0. The maximum absolute atomic E-state index is 10.9. The molecule has 20 heavy (non-hydrogen) atoms. The van der Waals surface area contributed by atoms with Gasteiger partial charge in [0.25, 0.3) is 0 Å². The van der Waals surface area contributed by atoms with Crippen molar-refractivity contribution in [2.75, 3.05) is 31.1 Å². The van der Waals surface area contributed by atoms with Crippen LogP contribution in [0.25, 0.3) is 0 Å². The molecule has 5 heteroatoms. The topological polar surface area (TPSA) is 64.6 Å². The highest BCUT2D eigenvalue weighted by Crippen LogP contribution is 2.32. The number of anilines is 1. The fraction of sp³-hybridized carbons (Fsp3) is 0.533. The van der Waals surface area contributed by atoms with E-state index in [0.717, 1.165) is 51.0 Å². The van der Waals surface area contributed by atoms with Crippen LogP contribution in [0.15, 0.2) is 18.2 Å². The SMILES string of the molecule is O=C(O)NC1CCCc2ccc(N3CCNCC3)cc21. The lowest BCUT2D eigenvalue weighted by Gasteiger charge is -2.32. The van der Waals surface area contributed by atoms with Crippen molar-refractivity contribution in [3.05, 3.63) is 29.3 Å². The summed E-state index contributed by atoms with van der Waals surface area (Å²) in [6.45, 7) is 4.04. The Kier molecular flexibility index (Phi) is 3.78. The molecule has 0 spiro atoms. The number of nitrogens with one attached hydrogen (secondary N) is 2. The summed E-state index contributed by atoms with van der Waals surface area (Å²) in [5.74, 6) is 0. The van der Waals surface area contributed by atoms with E-state index in [1.54, 1.807) is 0 Å². The van der Waals surface area contributed by atoms with E-state index in [2.05, 4.69) is 33.7 Å². The molecule has 1 saturated heterocycles. The minimum absolute atomic E-state index is 0.0564. The summed E-state index contributed by atoms with van der Waals surface area (Å²) in [7, 11) is 0. The molecule has 108 valence electrons. The molecule has 2 aliphatic rings. The Balaban J connectivity index is 1.86. The second-order valence-electron chi connectivity index (χ2n) is 5.51. The predicted molar refractivity (Wildman–Crippen MR) is 78.4 cm³/mol. The third-order valence-corrected chi connectivity index (χ3v) is 4.22. The molecule has 0 aromatic heterocycles.